The molecule has 2 aromatic carbocycles. The lowest BCUT2D eigenvalue weighted by atomic mass is 10.2. The van der Waals surface area contributed by atoms with Gasteiger partial charge in [0.15, 0.2) is 0 Å². The SMILES string of the molecule is O=S(=O)(Cc1ccc(Cl)cc1)Nc1ccc2cc[nH]c2c1. The van der Waals surface area contributed by atoms with Crippen molar-refractivity contribution in [2.24, 2.45) is 0 Å². The maximum atomic E-state index is 12.2. The number of halogens is 1. The molecular formula is C15H13ClN2O2S. The van der Waals surface area contributed by atoms with Crippen molar-refractivity contribution in [2.45, 2.75) is 5.75 Å². The molecule has 108 valence electrons. The van der Waals surface area contributed by atoms with Crippen LogP contribution in [0.5, 0.6) is 0 Å². The monoisotopic (exact) mass is 320 g/mol. The number of aromatic nitrogens is 1. The van der Waals surface area contributed by atoms with Gasteiger partial charge in [-0.1, -0.05) is 29.8 Å². The van der Waals surface area contributed by atoms with E-state index in [9.17, 15) is 8.42 Å². The molecule has 0 aliphatic heterocycles. The summed E-state index contributed by atoms with van der Waals surface area (Å²) in [6.07, 6.45) is 1.82. The highest BCUT2D eigenvalue weighted by Gasteiger charge is 2.12. The van der Waals surface area contributed by atoms with E-state index in [2.05, 4.69) is 9.71 Å². The molecule has 0 unspecified atom stereocenters. The number of benzene rings is 2. The second kappa shape index (κ2) is 5.42. The van der Waals surface area contributed by atoms with E-state index in [1.165, 1.54) is 0 Å². The first-order valence-electron chi connectivity index (χ1n) is 6.34. The lowest BCUT2D eigenvalue weighted by molar-refractivity contribution is 0.600. The van der Waals surface area contributed by atoms with Gasteiger partial charge in [0.25, 0.3) is 0 Å². The Kier molecular flexibility index (Phi) is 3.61. The van der Waals surface area contributed by atoms with Gasteiger partial charge >= 0.3 is 0 Å². The van der Waals surface area contributed by atoms with Gasteiger partial charge in [0.2, 0.25) is 10.0 Å². The third-order valence-electron chi connectivity index (χ3n) is 3.10. The normalized spacial score (nSPS) is 11.7. The molecule has 4 nitrogen and oxygen atoms in total. The molecule has 0 saturated heterocycles. The fourth-order valence-electron chi connectivity index (χ4n) is 2.13. The second-order valence-corrected chi connectivity index (χ2v) is 6.93. The number of anilines is 1. The molecule has 3 aromatic rings. The van der Waals surface area contributed by atoms with E-state index in [0.29, 0.717) is 16.3 Å². The van der Waals surface area contributed by atoms with Crippen LogP contribution in [0.15, 0.2) is 54.7 Å². The Balaban J connectivity index is 1.80. The molecule has 0 radical (unpaired) electrons. The molecule has 0 saturated carbocycles. The van der Waals surface area contributed by atoms with Crippen LogP contribution in [0.1, 0.15) is 5.56 Å². The standard InChI is InChI=1S/C15H13ClN2O2S/c16-13-4-1-11(2-5-13)10-21(19,20)18-14-6-3-12-7-8-17-15(12)9-14/h1-9,17-18H,10H2. The summed E-state index contributed by atoms with van der Waals surface area (Å²) in [5.41, 5.74) is 2.12. The average molecular weight is 321 g/mol. The molecule has 1 aromatic heterocycles. The first-order chi connectivity index (χ1) is 10.0. The Morgan fingerprint density at radius 2 is 1.81 bits per heavy atom. The second-order valence-electron chi connectivity index (χ2n) is 4.77. The summed E-state index contributed by atoms with van der Waals surface area (Å²) in [6, 6.07) is 14.1. The van der Waals surface area contributed by atoms with Crippen LogP contribution in [0.2, 0.25) is 5.02 Å². The third kappa shape index (κ3) is 3.37. The van der Waals surface area contributed by atoms with Gasteiger partial charge in [-0.15, -0.1) is 0 Å². The summed E-state index contributed by atoms with van der Waals surface area (Å²) in [5.74, 6) is -0.0903. The molecule has 6 heteroatoms. The van der Waals surface area contributed by atoms with Crippen molar-refractivity contribution >= 4 is 38.2 Å². The first kappa shape index (κ1) is 14.0. The van der Waals surface area contributed by atoms with E-state index < -0.39 is 10.0 Å². The number of hydrogen-bond acceptors (Lipinski definition) is 2. The number of fused-ring (bicyclic) bond motifs is 1. The van der Waals surface area contributed by atoms with Gasteiger partial charge in [0.05, 0.1) is 11.4 Å². The highest BCUT2D eigenvalue weighted by molar-refractivity contribution is 7.91. The number of hydrogen-bond donors (Lipinski definition) is 2. The van der Waals surface area contributed by atoms with Gasteiger partial charge in [-0.25, -0.2) is 8.42 Å². The molecule has 3 rings (SSSR count). The van der Waals surface area contributed by atoms with Crippen LogP contribution < -0.4 is 4.72 Å². The predicted molar refractivity (Wildman–Crippen MR) is 86.0 cm³/mol. The lowest BCUT2D eigenvalue weighted by Crippen LogP contribution is -2.14. The number of rotatable bonds is 4. The van der Waals surface area contributed by atoms with Crippen LogP contribution in [0.25, 0.3) is 10.9 Å². The van der Waals surface area contributed by atoms with Gasteiger partial charge in [0.1, 0.15) is 0 Å². The quantitative estimate of drug-likeness (QED) is 0.768. The molecule has 0 aliphatic carbocycles. The maximum absolute atomic E-state index is 12.2. The van der Waals surface area contributed by atoms with E-state index in [1.807, 2.05) is 18.3 Å². The van der Waals surface area contributed by atoms with Crippen LogP contribution in [-0.4, -0.2) is 13.4 Å². The van der Waals surface area contributed by atoms with Crippen molar-refractivity contribution in [3.8, 4) is 0 Å². The summed E-state index contributed by atoms with van der Waals surface area (Å²) in [6.45, 7) is 0. The Hall–Kier alpha value is -1.98. The van der Waals surface area contributed by atoms with Gasteiger partial charge in [-0.05, 0) is 41.3 Å². The summed E-state index contributed by atoms with van der Waals surface area (Å²) >= 11 is 5.79. The van der Waals surface area contributed by atoms with E-state index in [4.69, 9.17) is 11.6 Å². The van der Waals surface area contributed by atoms with Gasteiger partial charge in [0, 0.05) is 16.7 Å². The smallest absolute Gasteiger partial charge is 0.236 e. The molecule has 0 atom stereocenters. The van der Waals surface area contributed by atoms with E-state index in [1.54, 1.807) is 36.4 Å². The zero-order valence-electron chi connectivity index (χ0n) is 11.0. The highest BCUT2D eigenvalue weighted by atomic mass is 35.5. The maximum Gasteiger partial charge on any atom is 0.236 e. The van der Waals surface area contributed by atoms with Crippen molar-refractivity contribution < 1.29 is 8.42 Å². The third-order valence-corrected chi connectivity index (χ3v) is 4.61. The fraction of sp³-hybridized carbons (Fsp3) is 0.0667. The Morgan fingerprint density at radius 1 is 1.05 bits per heavy atom. The van der Waals surface area contributed by atoms with Crippen LogP contribution in [0.4, 0.5) is 5.69 Å². The van der Waals surface area contributed by atoms with E-state index in [-0.39, 0.29) is 5.75 Å². The number of nitrogens with one attached hydrogen (secondary N) is 2. The van der Waals surface area contributed by atoms with Crippen molar-refractivity contribution in [1.29, 1.82) is 0 Å². The Morgan fingerprint density at radius 3 is 2.57 bits per heavy atom. The fourth-order valence-corrected chi connectivity index (χ4v) is 3.44. The average Bonchev–Trinajstić information content (AvgIpc) is 2.88. The summed E-state index contributed by atoms with van der Waals surface area (Å²) in [5, 5.41) is 1.62. The molecule has 0 aliphatic rings. The molecule has 21 heavy (non-hydrogen) atoms. The lowest BCUT2D eigenvalue weighted by Gasteiger charge is -2.08. The zero-order valence-corrected chi connectivity index (χ0v) is 12.6. The number of H-pyrrole nitrogens is 1. The van der Waals surface area contributed by atoms with Crippen molar-refractivity contribution in [3.05, 3.63) is 65.3 Å². The van der Waals surface area contributed by atoms with Gasteiger partial charge in [-0.2, -0.15) is 0 Å². The van der Waals surface area contributed by atoms with Crippen LogP contribution in [0.3, 0.4) is 0 Å². The molecular weight excluding hydrogens is 308 g/mol. The first-order valence-corrected chi connectivity index (χ1v) is 8.37. The number of aromatic amines is 1. The highest BCUT2D eigenvalue weighted by Crippen LogP contribution is 2.20. The summed E-state index contributed by atoms with van der Waals surface area (Å²) in [4.78, 5) is 3.05. The Labute approximate surface area is 127 Å². The van der Waals surface area contributed by atoms with Crippen LogP contribution in [-0.2, 0) is 15.8 Å². The van der Waals surface area contributed by atoms with Crippen LogP contribution in [0, 0.1) is 0 Å². The van der Waals surface area contributed by atoms with Crippen LogP contribution >= 0.6 is 11.6 Å². The van der Waals surface area contributed by atoms with Crippen molar-refractivity contribution in [3.63, 3.8) is 0 Å². The minimum Gasteiger partial charge on any atom is -0.361 e. The van der Waals surface area contributed by atoms with E-state index >= 15 is 0 Å². The molecule has 1 heterocycles. The van der Waals surface area contributed by atoms with Crippen molar-refractivity contribution in [1.82, 2.24) is 4.98 Å². The van der Waals surface area contributed by atoms with E-state index in [0.717, 1.165) is 10.9 Å². The zero-order chi connectivity index (χ0) is 14.9. The van der Waals surface area contributed by atoms with Crippen molar-refractivity contribution in [2.75, 3.05) is 4.72 Å². The van der Waals surface area contributed by atoms with Gasteiger partial charge in [-0.3, -0.25) is 4.72 Å². The minimum absolute atomic E-state index is 0.0903. The minimum atomic E-state index is -3.46. The largest absolute Gasteiger partial charge is 0.361 e. The summed E-state index contributed by atoms with van der Waals surface area (Å²) < 4.78 is 26.9. The molecule has 0 spiro atoms. The van der Waals surface area contributed by atoms with Gasteiger partial charge < -0.3 is 4.98 Å². The summed E-state index contributed by atoms with van der Waals surface area (Å²) in [7, 11) is -3.46. The Bertz CT molecular complexity index is 870. The molecule has 0 amide bonds. The molecule has 0 bridgehead atoms. The number of sulfonamides is 1. The molecule has 0 fully saturated rings. The topological polar surface area (TPSA) is 62.0 Å². The predicted octanol–water partition coefficient (Wildman–Crippen LogP) is 3.76. The molecule has 2 N–H and O–H groups in total.